The Morgan fingerprint density at radius 2 is 2.00 bits per heavy atom. The average molecular weight is 210 g/mol. The van der Waals surface area contributed by atoms with Crippen LogP contribution in [0.3, 0.4) is 0 Å². The van der Waals surface area contributed by atoms with Crippen LogP contribution in [0, 0.1) is 0 Å². The van der Waals surface area contributed by atoms with Gasteiger partial charge in [-0.05, 0) is 31.0 Å². The van der Waals surface area contributed by atoms with Crippen LogP contribution in [0.4, 0.5) is 0 Å². The van der Waals surface area contributed by atoms with Gasteiger partial charge in [0.15, 0.2) is 0 Å². The van der Waals surface area contributed by atoms with Gasteiger partial charge < -0.3 is 4.90 Å². The summed E-state index contributed by atoms with van der Waals surface area (Å²) in [5.74, 6) is 0.102. The molecule has 2 nitrogen and oxygen atoms in total. The molecule has 0 spiro atoms. The summed E-state index contributed by atoms with van der Waals surface area (Å²) < 4.78 is 0. The number of carbonyl (C=O) groups excluding carboxylic acids is 1. The summed E-state index contributed by atoms with van der Waals surface area (Å²) in [6, 6.07) is 7.13. The average Bonchev–Trinajstić information content (AvgIpc) is 2.69. The summed E-state index contributed by atoms with van der Waals surface area (Å²) >= 11 is 5.82. The largest absolute Gasteiger partial charge is 0.339 e. The van der Waals surface area contributed by atoms with Crippen LogP contribution in [-0.2, 0) is 0 Å². The van der Waals surface area contributed by atoms with Crippen LogP contribution in [0.2, 0.25) is 5.02 Å². The van der Waals surface area contributed by atoms with Crippen molar-refractivity contribution in [3.05, 3.63) is 34.9 Å². The minimum absolute atomic E-state index is 0.102. The maximum absolute atomic E-state index is 11.9. The molecule has 1 saturated heterocycles. The molecule has 1 aromatic carbocycles. The molecule has 1 amide bonds. The lowest BCUT2D eigenvalue weighted by Gasteiger charge is -2.14. The highest BCUT2D eigenvalue weighted by Gasteiger charge is 2.19. The molecule has 1 aliphatic rings. The standard InChI is InChI=1S/C11H12ClNO/c12-10-5-3-4-9(8-10)11(14)13-6-1-2-7-13/h3-5,8H,1-2,6-7H2. The number of benzene rings is 1. The predicted octanol–water partition coefficient (Wildman–Crippen LogP) is 2.58. The van der Waals surface area contributed by atoms with Gasteiger partial charge in [-0.3, -0.25) is 4.79 Å². The van der Waals surface area contributed by atoms with Gasteiger partial charge in [0.1, 0.15) is 0 Å². The number of hydrogen-bond donors (Lipinski definition) is 0. The van der Waals surface area contributed by atoms with E-state index in [2.05, 4.69) is 0 Å². The zero-order valence-electron chi connectivity index (χ0n) is 7.87. The number of amides is 1. The molecule has 0 atom stereocenters. The fourth-order valence-corrected chi connectivity index (χ4v) is 1.91. The molecule has 0 aromatic heterocycles. The summed E-state index contributed by atoms with van der Waals surface area (Å²) in [6.07, 6.45) is 2.23. The van der Waals surface area contributed by atoms with Gasteiger partial charge >= 0.3 is 0 Å². The number of rotatable bonds is 1. The Balaban J connectivity index is 2.17. The third-order valence-electron chi connectivity index (χ3n) is 2.46. The van der Waals surface area contributed by atoms with Crippen molar-refractivity contribution < 1.29 is 4.79 Å². The quantitative estimate of drug-likeness (QED) is 0.696. The number of halogens is 1. The van der Waals surface area contributed by atoms with E-state index >= 15 is 0 Å². The normalized spacial score (nSPS) is 15.9. The highest BCUT2D eigenvalue weighted by atomic mass is 35.5. The van der Waals surface area contributed by atoms with Crippen LogP contribution >= 0.6 is 11.6 Å². The topological polar surface area (TPSA) is 20.3 Å². The summed E-state index contributed by atoms with van der Waals surface area (Å²) in [5, 5.41) is 0.620. The Morgan fingerprint density at radius 3 is 2.64 bits per heavy atom. The Bertz CT molecular complexity index is 345. The van der Waals surface area contributed by atoms with Crippen molar-refractivity contribution in [1.82, 2.24) is 4.90 Å². The molecule has 0 radical (unpaired) electrons. The predicted molar refractivity (Wildman–Crippen MR) is 56.6 cm³/mol. The number of nitrogens with zero attached hydrogens (tertiary/aromatic N) is 1. The first-order valence-electron chi connectivity index (χ1n) is 4.82. The van der Waals surface area contributed by atoms with Crippen LogP contribution in [0.15, 0.2) is 24.3 Å². The van der Waals surface area contributed by atoms with Gasteiger partial charge in [-0.1, -0.05) is 17.7 Å². The second-order valence-electron chi connectivity index (χ2n) is 3.51. The van der Waals surface area contributed by atoms with Crippen LogP contribution in [0.1, 0.15) is 23.2 Å². The molecule has 14 heavy (non-hydrogen) atoms. The van der Waals surface area contributed by atoms with Gasteiger partial charge in [0.2, 0.25) is 0 Å². The van der Waals surface area contributed by atoms with Gasteiger partial charge in [-0.15, -0.1) is 0 Å². The number of likely N-dealkylation sites (tertiary alicyclic amines) is 1. The molecule has 74 valence electrons. The fraction of sp³-hybridized carbons (Fsp3) is 0.364. The van der Waals surface area contributed by atoms with E-state index in [4.69, 9.17) is 11.6 Å². The van der Waals surface area contributed by atoms with Crippen LogP contribution in [0.25, 0.3) is 0 Å². The van der Waals surface area contributed by atoms with Crippen molar-refractivity contribution in [3.63, 3.8) is 0 Å². The van der Waals surface area contributed by atoms with Crippen molar-refractivity contribution in [2.45, 2.75) is 12.8 Å². The van der Waals surface area contributed by atoms with Crippen molar-refractivity contribution in [1.29, 1.82) is 0 Å². The van der Waals surface area contributed by atoms with Crippen LogP contribution in [0.5, 0.6) is 0 Å². The Labute approximate surface area is 88.5 Å². The first-order valence-corrected chi connectivity index (χ1v) is 5.20. The molecular formula is C11H12ClNO. The monoisotopic (exact) mass is 209 g/mol. The molecule has 1 heterocycles. The molecule has 1 aliphatic heterocycles. The lowest BCUT2D eigenvalue weighted by molar-refractivity contribution is 0.0793. The second kappa shape index (κ2) is 4.01. The van der Waals surface area contributed by atoms with Crippen molar-refractivity contribution in [3.8, 4) is 0 Å². The minimum atomic E-state index is 0.102. The SMILES string of the molecule is O=C(c1cccc(Cl)c1)N1CCCC1. The third-order valence-corrected chi connectivity index (χ3v) is 2.70. The van der Waals surface area contributed by atoms with E-state index in [1.165, 1.54) is 0 Å². The Morgan fingerprint density at radius 1 is 1.29 bits per heavy atom. The molecule has 3 heteroatoms. The molecule has 0 N–H and O–H groups in total. The van der Waals surface area contributed by atoms with Gasteiger partial charge in [0.05, 0.1) is 0 Å². The first-order chi connectivity index (χ1) is 6.77. The minimum Gasteiger partial charge on any atom is -0.339 e. The first kappa shape index (κ1) is 9.53. The van der Waals surface area contributed by atoms with Gasteiger partial charge in [0, 0.05) is 23.7 Å². The molecule has 0 saturated carbocycles. The molecule has 0 aliphatic carbocycles. The molecule has 1 fully saturated rings. The van der Waals surface area contributed by atoms with Gasteiger partial charge in [-0.25, -0.2) is 0 Å². The Hall–Kier alpha value is -1.02. The van der Waals surface area contributed by atoms with E-state index in [0.29, 0.717) is 10.6 Å². The van der Waals surface area contributed by atoms with Crippen LogP contribution in [-0.4, -0.2) is 23.9 Å². The van der Waals surface area contributed by atoms with E-state index < -0.39 is 0 Å². The van der Waals surface area contributed by atoms with E-state index in [1.807, 2.05) is 17.0 Å². The van der Waals surface area contributed by atoms with E-state index in [-0.39, 0.29) is 5.91 Å². The molecule has 0 unspecified atom stereocenters. The lowest BCUT2D eigenvalue weighted by Crippen LogP contribution is -2.27. The highest BCUT2D eigenvalue weighted by molar-refractivity contribution is 6.30. The van der Waals surface area contributed by atoms with E-state index in [1.54, 1.807) is 12.1 Å². The van der Waals surface area contributed by atoms with Crippen LogP contribution < -0.4 is 0 Å². The zero-order chi connectivity index (χ0) is 9.97. The molecule has 1 aromatic rings. The zero-order valence-corrected chi connectivity index (χ0v) is 8.63. The van der Waals surface area contributed by atoms with Crippen molar-refractivity contribution >= 4 is 17.5 Å². The molecular weight excluding hydrogens is 198 g/mol. The highest BCUT2D eigenvalue weighted by Crippen LogP contribution is 2.15. The smallest absolute Gasteiger partial charge is 0.253 e. The summed E-state index contributed by atoms with van der Waals surface area (Å²) in [6.45, 7) is 1.76. The second-order valence-corrected chi connectivity index (χ2v) is 3.95. The third kappa shape index (κ3) is 1.90. The van der Waals surface area contributed by atoms with E-state index in [0.717, 1.165) is 25.9 Å². The van der Waals surface area contributed by atoms with Crippen molar-refractivity contribution in [2.75, 3.05) is 13.1 Å². The summed E-state index contributed by atoms with van der Waals surface area (Å²) in [4.78, 5) is 13.7. The fourth-order valence-electron chi connectivity index (χ4n) is 1.72. The number of carbonyl (C=O) groups is 1. The van der Waals surface area contributed by atoms with Gasteiger partial charge in [-0.2, -0.15) is 0 Å². The Kier molecular flexibility index (Phi) is 2.73. The maximum Gasteiger partial charge on any atom is 0.253 e. The maximum atomic E-state index is 11.9. The lowest BCUT2D eigenvalue weighted by atomic mass is 10.2. The van der Waals surface area contributed by atoms with Gasteiger partial charge in [0.25, 0.3) is 5.91 Å². The summed E-state index contributed by atoms with van der Waals surface area (Å²) in [5.41, 5.74) is 0.694. The molecule has 2 rings (SSSR count). The van der Waals surface area contributed by atoms with E-state index in [9.17, 15) is 4.79 Å². The summed E-state index contributed by atoms with van der Waals surface area (Å²) in [7, 11) is 0. The van der Waals surface area contributed by atoms with Crippen molar-refractivity contribution in [2.24, 2.45) is 0 Å². The molecule has 0 bridgehead atoms. The number of hydrogen-bond acceptors (Lipinski definition) is 1.